The number of halogens is 2. The van der Waals surface area contributed by atoms with Crippen LogP contribution < -0.4 is 11.1 Å². The largest absolute Gasteiger partial charge is 0.383 e. The summed E-state index contributed by atoms with van der Waals surface area (Å²) in [5.74, 6) is -0.406. The smallest absolute Gasteiger partial charge is 0.243 e. The van der Waals surface area contributed by atoms with Crippen molar-refractivity contribution in [3.8, 4) is 0 Å². The molecule has 4 aromatic rings. The molecule has 0 aliphatic heterocycles. The molecule has 3 N–H and O–H groups in total. The zero-order valence-corrected chi connectivity index (χ0v) is 27.0. The number of hydrogen-bond donors (Lipinski definition) is 2. The standard InChI is InChI=1S/C26H26N4O2S.C8H8F2O.C2H6/c1-20-12-17-25(29-26(20)27)28-23-13-15-24(16-14-23)33(31,32)30(18-21-8-4-2-5-9-21)19-22-10-6-3-7-11-22;9-7-2-1-3-8(10)6(4-7)5-11;1-2/h2-17H,18-19H2,1H3,(H3,27,28,29);1-3,5-7H,4H2;1-2H3. The maximum Gasteiger partial charge on any atom is 0.243 e. The summed E-state index contributed by atoms with van der Waals surface area (Å²) in [7, 11) is -3.73. The second-order valence-corrected chi connectivity index (χ2v) is 12.2. The Hall–Kier alpha value is -4.67. The van der Waals surface area contributed by atoms with Crippen LogP contribution in [0.15, 0.2) is 126 Å². The molecule has 242 valence electrons. The quantitative estimate of drug-likeness (QED) is 0.178. The highest BCUT2D eigenvalue weighted by atomic mass is 32.2. The molecular weight excluding hydrogens is 606 g/mol. The molecule has 1 aliphatic carbocycles. The minimum Gasteiger partial charge on any atom is -0.383 e. The van der Waals surface area contributed by atoms with E-state index in [0.29, 0.717) is 17.9 Å². The Bertz CT molecular complexity index is 1660. The second kappa shape index (κ2) is 17.7. The first-order chi connectivity index (χ1) is 22.2. The van der Waals surface area contributed by atoms with Crippen molar-refractivity contribution in [2.75, 3.05) is 11.1 Å². The van der Waals surface area contributed by atoms with Gasteiger partial charge in [0.05, 0.1) is 10.8 Å². The van der Waals surface area contributed by atoms with Gasteiger partial charge in [0.2, 0.25) is 10.0 Å². The van der Waals surface area contributed by atoms with Crippen molar-refractivity contribution in [2.45, 2.75) is 51.3 Å². The number of aromatic nitrogens is 1. The number of carbonyl (C=O) groups excluding carboxylic acids is 1. The van der Waals surface area contributed by atoms with E-state index in [1.807, 2.05) is 93.6 Å². The minimum atomic E-state index is -3.73. The lowest BCUT2D eigenvalue weighted by Gasteiger charge is -2.23. The molecule has 5 rings (SSSR count). The van der Waals surface area contributed by atoms with Gasteiger partial charge in [-0.1, -0.05) is 92.7 Å². The van der Waals surface area contributed by atoms with E-state index in [1.54, 1.807) is 24.3 Å². The Morgan fingerprint density at radius 1 is 0.913 bits per heavy atom. The number of aldehydes is 1. The van der Waals surface area contributed by atoms with E-state index in [-0.39, 0.29) is 24.4 Å². The molecule has 0 radical (unpaired) electrons. The summed E-state index contributed by atoms with van der Waals surface area (Å²) < 4.78 is 53.9. The van der Waals surface area contributed by atoms with Crippen molar-refractivity contribution >= 4 is 33.6 Å². The number of allylic oxidation sites excluding steroid dienone is 4. The van der Waals surface area contributed by atoms with Gasteiger partial charge in [0.15, 0.2) is 0 Å². The monoisotopic (exact) mass is 646 g/mol. The Morgan fingerprint density at radius 3 is 2.00 bits per heavy atom. The summed E-state index contributed by atoms with van der Waals surface area (Å²) in [5, 5.41) is 3.16. The second-order valence-electron chi connectivity index (χ2n) is 10.2. The van der Waals surface area contributed by atoms with Crippen molar-refractivity contribution in [2.24, 2.45) is 5.92 Å². The fraction of sp³-hybridized carbons (Fsp3) is 0.222. The number of hydrogen-bond acceptors (Lipinski definition) is 6. The Labute approximate surface area is 270 Å². The Morgan fingerprint density at radius 2 is 1.48 bits per heavy atom. The molecule has 1 aliphatic rings. The molecule has 0 spiro atoms. The van der Waals surface area contributed by atoms with Crippen LogP contribution in [-0.2, 0) is 27.9 Å². The molecule has 1 aromatic heterocycles. The molecule has 10 heteroatoms. The molecule has 0 bridgehead atoms. The lowest BCUT2D eigenvalue weighted by molar-refractivity contribution is -0.110. The minimum absolute atomic E-state index is 0.0810. The SMILES string of the molecule is CC.Cc1ccc(Nc2ccc(S(=O)(=O)N(Cc3ccccc3)Cc3ccccc3)cc2)nc1N.O=CC1CC(F)C=CC=C1F. The molecule has 0 saturated carbocycles. The third-order valence-corrected chi connectivity index (χ3v) is 8.68. The van der Waals surface area contributed by atoms with Gasteiger partial charge in [-0.3, -0.25) is 0 Å². The Kier molecular flexibility index (Phi) is 13.8. The number of sulfonamides is 1. The molecule has 7 nitrogen and oxygen atoms in total. The number of nitrogens with two attached hydrogens (primary N) is 1. The van der Waals surface area contributed by atoms with Crippen LogP contribution in [0.1, 0.15) is 37.0 Å². The van der Waals surface area contributed by atoms with Crippen LogP contribution in [0, 0.1) is 12.8 Å². The third-order valence-electron chi connectivity index (χ3n) is 6.88. The van der Waals surface area contributed by atoms with E-state index in [4.69, 9.17) is 5.73 Å². The van der Waals surface area contributed by atoms with Crippen molar-refractivity contribution in [1.82, 2.24) is 9.29 Å². The van der Waals surface area contributed by atoms with Gasteiger partial charge in [-0.25, -0.2) is 22.2 Å². The molecule has 3 aromatic carbocycles. The number of nitrogen functional groups attached to an aromatic ring is 1. The predicted molar refractivity (Wildman–Crippen MR) is 181 cm³/mol. The first kappa shape index (κ1) is 35.8. The van der Waals surface area contributed by atoms with Crippen molar-refractivity contribution in [3.05, 3.63) is 138 Å². The average Bonchev–Trinajstić information content (AvgIpc) is 3.24. The predicted octanol–water partition coefficient (Wildman–Crippen LogP) is 8.09. The van der Waals surface area contributed by atoms with Crippen molar-refractivity contribution in [3.63, 3.8) is 0 Å². The fourth-order valence-corrected chi connectivity index (χ4v) is 5.78. The number of carbonyl (C=O) groups is 1. The number of benzene rings is 3. The molecule has 0 fully saturated rings. The van der Waals surface area contributed by atoms with Crippen LogP contribution >= 0.6 is 0 Å². The van der Waals surface area contributed by atoms with E-state index >= 15 is 0 Å². The topological polar surface area (TPSA) is 105 Å². The van der Waals surface area contributed by atoms with Gasteiger partial charge in [-0.2, -0.15) is 4.31 Å². The van der Waals surface area contributed by atoms with Crippen LogP contribution in [0.25, 0.3) is 0 Å². The molecular formula is C36H40F2N4O3S. The van der Waals surface area contributed by atoms with Gasteiger partial charge in [0.25, 0.3) is 0 Å². The molecule has 2 unspecified atom stereocenters. The fourth-order valence-electron chi connectivity index (χ4n) is 4.37. The van der Waals surface area contributed by atoms with E-state index in [0.717, 1.165) is 28.5 Å². The average molecular weight is 647 g/mol. The van der Waals surface area contributed by atoms with Gasteiger partial charge >= 0.3 is 0 Å². The first-order valence-electron chi connectivity index (χ1n) is 15.0. The van der Waals surface area contributed by atoms with Crippen LogP contribution in [-0.4, -0.2) is 30.2 Å². The highest BCUT2D eigenvalue weighted by molar-refractivity contribution is 7.89. The summed E-state index contributed by atoms with van der Waals surface area (Å²) in [6.45, 7) is 6.46. The summed E-state index contributed by atoms with van der Waals surface area (Å²) in [4.78, 5) is 14.7. The number of pyridine rings is 1. The van der Waals surface area contributed by atoms with Crippen LogP contribution in [0.4, 0.5) is 26.1 Å². The van der Waals surface area contributed by atoms with Crippen LogP contribution in [0.3, 0.4) is 0 Å². The van der Waals surface area contributed by atoms with E-state index in [9.17, 15) is 22.0 Å². The maximum atomic E-state index is 13.6. The van der Waals surface area contributed by atoms with Crippen LogP contribution in [0.2, 0.25) is 0 Å². The van der Waals surface area contributed by atoms with Gasteiger partial charge < -0.3 is 15.8 Å². The lowest BCUT2D eigenvalue weighted by atomic mass is 10.0. The molecule has 0 amide bonds. The first-order valence-corrected chi connectivity index (χ1v) is 16.4. The third kappa shape index (κ3) is 10.5. The normalized spacial score (nSPS) is 15.7. The van der Waals surface area contributed by atoms with Crippen molar-refractivity contribution in [1.29, 1.82) is 0 Å². The number of rotatable bonds is 9. The van der Waals surface area contributed by atoms with Gasteiger partial charge in [0, 0.05) is 18.8 Å². The van der Waals surface area contributed by atoms with E-state index < -0.39 is 27.9 Å². The summed E-state index contributed by atoms with van der Waals surface area (Å²) in [5.41, 5.74) is 9.36. The van der Waals surface area contributed by atoms with Crippen LogP contribution in [0.5, 0.6) is 0 Å². The lowest BCUT2D eigenvalue weighted by Crippen LogP contribution is -2.30. The molecule has 46 heavy (non-hydrogen) atoms. The highest BCUT2D eigenvalue weighted by Crippen LogP contribution is 2.25. The molecule has 0 saturated heterocycles. The summed E-state index contributed by atoms with van der Waals surface area (Å²) in [6, 6.07) is 29.6. The zero-order chi connectivity index (χ0) is 33.5. The summed E-state index contributed by atoms with van der Waals surface area (Å²) in [6.07, 6.45) is 2.80. The maximum absolute atomic E-state index is 13.6. The number of aryl methyl sites for hydroxylation is 1. The summed E-state index contributed by atoms with van der Waals surface area (Å²) >= 11 is 0. The van der Waals surface area contributed by atoms with E-state index in [2.05, 4.69) is 10.3 Å². The van der Waals surface area contributed by atoms with E-state index in [1.165, 1.54) is 16.5 Å². The molecule has 1 heterocycles. The highest BCUT2D eigenvalue weighted by Gasteiger charge is 2.25. The van der Waals surface area contributed by atoms with Gasteiger partial charge in [0.1, 0.15) is 29.9 Å². The van der Waals surface area contributed by atoms with Crippen molar-refractivity contribution < 1.29 is 22.0 Å². The number of alkyl halides is 1. The number of nitrogens with zero attached hydrogens (tertiary/aromatic N) is 2. The van der Waals surface area contributed by atoms with Gasteiger partial charge in [-0.05, 0) is 66.4 Å². The number of anilines is 3. The zero-order valence-electron chi connectivity index (χ0n) is 26.2. The van der Waals surface area contributed by atoms with Gasteiger partial charge in [-0.15, -0.1) is 0 Å². The number of nitrogens with one attached hydrogen (secondary N) is 1. The molecule has 2 atom stereocenters. The Balaban J connectivity index is 0.000000373.